The summed E-state index contributed by atoms with van der Waals surface area (Å²) in [5, 5.41) is 5.37. The average Bonchev–Trinajstić information content (AvgIpc) is 3.36. The monoisotopic (exact) mass is 690 g/mol. The van der Waals surface area contributed by atoms with Crippen molar-refractivity contribution in [2.45, 2.75) is 97.8 Å². The molecule has 3 rings (SSSR count). The summed E-state index contributed by atoms with van der Waals surface area (Å²) >= 11 is 6.26. The molecular weight excluding hydrogens is 640 g/mol. The summed E-state index contributed by atoms with van der Waals surface area (Å²) in [5.41, 5.74) is 6.52. The first-order chi connectivity index (χ1) is 21.9. The van der Waals surface area contributed by atoms with Crippen molar-refractivity contribution in [3.05, 3.63) is 47.0 Å². The van der Waals surface area contributed by atoms with Gasteiger partial charge < -0.3 is 34.0 Å². The molecule has 11 nitrogen and oxygen atoms in total. The van der Waals surface area contributed by atoms with Gasteiger partial charge >= 0.3 is 12.2 Å². The Morgan fingerprint density at radius 3 is 2.17 bits per heavy atom. The predicted octanol–water partition coefficient (Wildman–Crippen LogP) is 8.44. The number of anilines is 1. The zero-order valence-electron chi connectivity index (χ0n) is 29.4. The van der Waals surface area contributed by atoms with Gasteiger partial charge in [0.15, 0.2) is 8.32 Å². The molecule has 1 atom stereocenters. The molecule has 0 radical (unpaired) electrons. The normalized spacial score (nSPS) is 12.9. The minimum absolute atomic E-state index is 0.135. The van der Waals surface area contributed by atoms with Gasteiger partial charge in [-0.3, -0.25) is 0 Å². The third kappa shape index (κ3) is 10.3. The van der Waals surface area contributed by atoms with Crippen molar-refractivity contribution < 1.29 is 33.0 Å². The predicted molar refractivity (Wildman–Crippen MR) is 188 cm³/mol. The molecule has 2 N–H and O–H groups in total. The smallest absolute Gasteiger partial charge is 0.435 e. The highest BCUT2D eigenvalue weighted by Crippen LogP contribution is 2.33. The second-order valence-electron chi connectivity index (χ2n) is 13.5. The number of carbonyl (C=O) groups excluding carboxylic acids is 2. The number of aromatic nitrogens is 2. The Bertz CT molecular complexity index is 1520. The van der Waals surface area contributed by atoms with E-state index in [0.29, 0.717) is 27.4 Å². The molecule has 0 aliphatic rings. The summed E-state index contributed by atoms with van der Waals surface area (Å²) in [5.74, 6) is 0.759. The summed E-state index contributed by atoms with van der Waals surface area (Å²) in [7, 11) is -0.638. The van der Waals surface area contributed by atoms with Crippen LogP contribution in [0.25, 0.3) is 10.9 Å². The van der Waals surface area contributed by atoms with Crippen LogP contribution in [0.4, 0.5) is 15.3 Å². The van der Waals surface area contributed by atoms with Gasteiger partial charge in [-0.25, -0.2) is 9.59 Å². The van der Waals surface area contributed by atoms with Crippen molar-refractivity contribution in [2.75, 3.05) is 32.5 Å². The number of ether oxygens (including phenoxy) is 4. The number of fused-ring (bicyclic) bond motifs is 1. The molecule has 0 saturated heterocycles. The van der Waals surface area contributed by atoms with Crippen LogP contribution in [0.3, 0.4) is 0 Å². The number of benzene rings is 2. The number of amides is 1. The van der Waals surface area contributed by atoms with E-state index in [1.807, 2.05) is 32.9 Å². The third-order valence-electron chi connectivity index (χ3n) is 7.76. The molecule has 47 heavy (non-hydrogen) atoms. The second kappa shape index (κ2) is 15.6. The van der Waals surface area contributed by atoms with E-state index in [1.165, 1.54) is 7.11 Å². The highest BCUT2D eigenvalue weighted by molar-refractivity contribution is 6.73. The average molecular weight is 691 g/mol. The largest absolute Gasteiger partial charge is 0.492 e. The molecule has 1 amide bonds. The van der Waals surface area contributed by atoms with Gasteiger partial charge in [0, 0.05) is 6.07 Å². The van der Waals surface area contributed by atoms with E-state index in [1.54, 1.807) is 49.9 Å². The molecule has 1 aromatic heterocycles. The summed E-state index contributed by atoms with van der Waals surface area (Å²) in [6.07, 6.45) is -1.59. The van der Waals surface area contributed by atoms with Crippen LogP contribution in [0.1, 0.15) is 74.0 Å². The van der Waals surface area contributed by atoms with Crippen molar-refractivity contribution in [3.63, 3.8) is 0 Å². The summed E-state index contributed by atoms with van der Waals surface area (Å²) in [4.78, 5) is 28.1. The van der Waals surface area contributed by atoms with Gasteiger partial charge in [-0.05, 0) is 89.5 Å². The first-order valence-electron chi connectivity index (χ1n) is 16.1. The van der Waals surface area contributed by atoms with Crippen LogP contribution >= 0.6 is 11.6 Å². The number of hydrogen-bond donors (Lipinski definition) is 1. The van der Waals surface area contributed by atoms with E-state index in [9.17, 15) is 9.59 Å². The molecule has 0 bridgehead atoms. The summed E-state index contributed by atoms with van der Waals surface area (Å²) in [6, 6.07) is 13.5. The maximum Gasteiger partial charge on any atom is 0.435 e. The first kappa shape index (κ1) is 38.0. The SMILES string of the molecule is CC[Si](CC)(CC)OC(CN(CCOc1ccc2c(OC)nn(C(=O)OC(C)(C)C)c2c1)C(=O)OC(C)(C)C)c1ccc(Cl)c(N)c1. The van der Waals surface area contributed by atoms with E-state index in [0.717, 1.165) is 28.4 Å². The van der Waals surface area contributed by atoms with Crippen LogP contribution in [-0.4, -0.2) is 73.2 Å². The lowest BCUT2D eigenvalue weighted by Gasteiger charge is -2.36. The molecule has 0 aliphatic carbocycles. The molecule has 0 saturated carbocycles. The van der Waals surface area contributed by atoms with Crippen LogP contribution in [0, 0.1) is 0 Å². The minimum atomic E-state index is -2.12. The van der Waals surface area contributed by atoms with Crippen molar-refractivity contribution in [1.29, 1.82) is 0 Å². The standard InChI is InChI=1S/C34H51ClN4O7Si/c1-11-47(12-2,13-3)46-29(23-14-17-26(35)27(36)20-23)22-38(31(40)44-33(4,5)6)18-19-43-24-15-16-25-28(21-24)39(37-30(25)42-10)32(41)45-34(7,8)9/h14-17,20-21,29H,11-13,18-19,22,36H2,1-10H3. The van der Waals surface area contributed by atoms with E-state index in [4.69, 9.17) is 40.7 Å². The maximum atomic E-state index is 13.6. The van der Waals surface area contributed by atoms with E-state index >= 15 is 0 Å². The van der Waals surface area contributed by atoms with Crippen LogP contribution in [-0.2, 0) is 13.9 Å². The number of hydrogen-bond acceptors (Lipinski definition) is 9. The van der Waals surface area contributed by atoms with Crippen LogP contribution in [0.5, 0.6) is 11.6 Å². The zero-order chi connectivity index (χ0) is 35.2. The number of rotatable bonds is 13. The van der Waals surface area contributed by atoms with Gasteiger partial charge in [-0.1, -0.05) is 38.4 Å². The first-order valence-corrected chi connectivity index (χ1v) is 19.0. The van der Waals surface area contributed by atoms with Gasteiger partial charge in [-0.2, -0.15) is 4.68 Å². The molecule has 2 aromatic carbocycles. The Hall–Kier alpha value is -3.48. The Balaban J connectivity index is 1.91. The fourth-order valence-corrected chi connectivity index (χ4v) is 8.02. The van der Waals surface area contributed by atoms with E-state index < -0.39 is 37.8 Å². The molecule has 3 aromatic rings. The van der Waals surface area contributed by atoms with E-state index in [2.05, 4.69) is 25.9 Å². The highest BCUT2D eigenvalue weighted by atomic mass is 35.5. The molecule has 260 valence electrons. The van der Waals surface area contributed by atoms with Crippen molar-refractivity contribution in [2.24, 2.45) is 0 Å². The Kier molecular flexibility index (Phi) is 12.6. The molecule has 1 unspecified atom stereocenters. The molecule has 0 aliphatic heterocycles. The molecule has 0 fully saturated rings. The molecule has 0 spiro atoms. The number of methoxy groups -OCH3 is 1. The molecule has 13 heteroatoms. The number of nitrogens with zero attached hydrogens (tertiary/aromatic N) is 3. The molecular formula is C34H51ClN4O7Si. The fraction of sp³-hybridized carbons (Fsp3) is 0.559. The quantitative estimate of drug-likeness (QED) is 0.139. The van der Waals surface area contributed by atoms with Crippen LogP contribution < -0.4 is 15.2 Å². The number of halogens is 1. The number of carbonyl (C=O) groups is 2. The Labute approximate surface area is 284 Å². The highest BCUT2D eigenvalue weighted by Gasteiger charge is 2.35. The zero-order valence-corrected chi connectivity index (χ0v) is 31.2. The van der Waals surface area contributed by atoms with Gasteiger partial charge in [0.2, 0.25) is 5.88 Å². The topological polar surface area (TPSA) is 127 Å². The van der Waals surface area contributed by atoms with Gasteiger partial charge in [0.25, 0.3) is 0 Å². The van der Waals surface area contributed by atoms with Crippen molar-refractivity contribution in [3.8, 4) is 11.6 Å². The fourth-order valence-electron chi connectivity index (χ4n) is 5.08. The summed E-state index contributed by atoms with van der Waals surface area (Å²) in [6.45, 7) is 17.9. The van der Waals surface area contributed by atoms with Crippen LogP contribution in [0.2, 0.25) is 23.2 Å². The Morgan fingerprint density at radius 1 is 0.979 bits per heavy atom. The lowest BCUT2D eigenvalue weighted by atomic mass is 10.1. The van der Waals surface area contributed by atoms with Crippen molar-refractivity contribution in [1.82, 2.24) is 14.7 Å². The Morgan fingerprint density at radius 2 is 1.62 bits per heavy atom. The molecule has 1 heterocycles. The maximum absolute atomic E-state index is 13.6. The minimum Gasteiger partial charge on any atom is -0.492 e. The van der Waals surface area contributed by atoms with E-state index in [-0.39, 0.29) is 25.6 Å². The van der Waals surface area contributed by atoms with Gasteiger partial charge in [0.05, 0.1) is 47.9 Å². The third-order valence-corrected chi connectivity index (χ3v) is 12.8. The second-order valence-corrected chi connectivity index (χ2v) is 18.6. The number of nitrogen functional groups attached to an aromatic ring is 1. The van der Waals surface area contributed by atoms with Crippen molar-refractivity contribution >= 4 is 48.7 Å². The lowest BCUT2D eigenvalue weighted by Crippen LogP contribution is -2.45. The van der Waals surface area contributed by atoms with Gasteiger partial charge in [-0.15, -0.1) is 5.10 Å². The summed E-state index contributed by atoms with van der Waals surface area (Å²) < 4.78 is 31.0. The van der Waals surface area contributed by atoms with Crippen LogP contribution in [0.15, 0.2) is 36.4 Å². The lowest BCUT2D eigenvalue weighted by molar-refractivity contribution is 0.0131. The number of nitrogens with two attached hydrogens (primary N) is 1. The van der Waals surface area contributed by atoms with Gasteiger partial charge in [0.1, 0.15) is 23.6 Å².